The number of nitrogens with one attached hydrogen (secondary N) is 3. The van der Waals surface area contributed by atoms with E-state index < -0.39 is 5.60 Å². The van der Waals surface area contributed by atoms with Gasteiger partial charge in [-0.1, -0.05) is 41.0 Å². The Morgan fingerprint density at radius 1 is 1.35 bits per heavy atom. The van der Waals surface area contributed by atoms with Crippen LogP contribution in [0.15, 0.2) is 41.6 Å². The highest BCUT2D eigenvalue weighted by atomic mass is 35.5. The van der Waals surface area contributed by atoms with Crippen molar-refractivity contribution < 1.29 is 9.63 Å². The van der Waals surface area contributed by atoms with Gasteiger partial charge in [-0.05, 0) is 24.6 Å². The van der Waals surface area contributed by atoms with Crippen LogP contribution in [0.4, 0.5) is 0 Å². The highest BCUT2D eigenvalue weighted by Gasteiger charge is 2.35. The number of benzene rings is 1. The second-order valence-electron chi connectivity index (χ2n) is 6.24. The first-order valence-corrected chi connectivity index (χ1v) is 9.25. The first-order chi connectivity index (χ1) is 12.4. The van der Waals surface area contributed by atoms with E-state index in [-0.39, 0.29) is 5.91 Å². The van der Waals surface area contributed by atoms with E-state index in [0.29, 0.717) is 28.0 Å². The van der Waals surface area contributed by atoms with Crippen molar-refractivity contribution in [3.8, 4) is 0 Å². The number of thiophene rings is 1. The maximum atomic E-state index is 12.2. The first-order valence-electron chi connectivity index (χ1n) is 8.06. The van der Waals surface area contributed by atoms with Crippen LogP contribution in [0.25, 0.3) is 0 Å². The first kappa shape index (κ1) is 18.4. The fourth-order valence-electron chi connectivity index (χ4n) is 2.60. The summed E-state index contributed by atoms with van der Waals surface area (Å²) >= 11 is 7.11. The minimum atomic E-state index is -0.595. The summed E-state index contributed by atoms with van der Waals surface area (Å²) in [6, 6.07) is 11.0. The van der Waals surface area contributed by atoms with Gasteiger partial charge in [0.1, 0.15) is 5.84 Å². The molecule has 0 aliphatic carbocycles. The number of amides is 1. The number of oxime groups is 1. The number of nitrogens with zero attached hydrogens (tertiary/aromatic N) is 1. The lowest BCUT2D eigenvalue weighted by Gasteiger charge is -2.21. The Bertz CT molecular complexity index is 862. The van der Waals surface area contributed by atoms with Gasteiger partial charge in [-0.2, -0.15) is 0 Å². The number of halogens is 1. The van der Waals surface area contributed by atoms with E-state index in [0.717, 1.165) is 16.8 Å². The van der Waals surface area contributed by atoms with Gasteiger partial charge in [0.05, 0.1) is 21.5 Å². The zero-order valence-corrected chi connectivity index (χ0v) is 16.0. The summed E-state index contributed by atoms with van der Waals surface area (Å²) in [6.07, 6.45) is 0.585. The number of rotatable bonds is 5. The molecule has 0 fully saturated rings. The molecule has 1 aliphatic heterocycles. The monoisotopic (exact) mass is 390 g/mol. The predicted molar refractivity (Wildman–Crippen MR) is 105 cm³/mol. The van der Waals surface area contributed by atoms with Gasteiger partial charge in [-0.3, -0.25) is 10.2 Å². The molecule has 1 aromatic carbocycles. The molecule has 3 rings (SSSR count). The lowest BCUT2D eigenvalue weighted by molar-refractivity contribution is -0.00178. The van der Waals surface area contributed by atoms with E-state index in [1.165, 1.54) is 11.3 Å². The van der Waals surface area contributed by atoms with Crippen LogP contribution in [0, 0.1) is 5.41 Å². The van der Waals surface area contributed by atoms with Gasteiger partial charge in [-0.25, -0.2) is 0 Å². The second kappa shape index (κ2) is 7.47. The van der Waals surface area contributed by atoms with Crippen molar-refractivity contribution in [1.29, 1.82) is 5.41 Å². The molecule has 1 aliphatic rings. The van der Waals surface area contributed by atoms with Crippen molar-refractivity contribution in [3.05, 3.63) is 56.7 Å². The van der Waals surface area contributed by atoms with Gasteiger partial charge in [0.25, 0.3) is 5.91 Å². The van der Waals surface area contributed by atoms with E-state index in [9.17, 15) is 4.79 Å². The van der Waals surface area contributed by atoms with Crippen molar-refractivity contribution in [3.63, 3.8) is 0 Å². The molecule has 8 heteroatoms. The lowest BCUT2D eigenvalue weighted by Crippen LogP contribution is -2.40. The topological polar surface area (TPSA) is 86.6 Å². The Morgan fingerprint density at radius 3 is 2.69 bits per heavy atom. The highest BCUT2D eigenvalue weighted by molar-refractivity contribution is 7.17. The third-order valence-corrected chi connectivity index (χ3v) is 5.32. The maximum absolute atomic E-state index is 12.2. The Morgan fingerprint density at radius 2 is 2.08 bits per heavy atom. The molecule has 0 spiro atoms. The summed E-state index contributed by atoms with van der Waals surface area (Å²) in [5.41, 5.74) is 1.98. The van der Waals surface area contributed by atoms with Crippen LogP contribution < -0.4 is 10.6 Å². The zero-order chi connectivity index (χ0) is 18.7. The van der Waals surface area contributed by atoms with Gasteiger partial charge < -0.3 is 15.5 Å². The molecule has 3 N–H and O–H groups in total. The van der Waals surface area contributed by atoms with Gasteiger partial charge in [0, 0.05) is 19.0 Å². The van der Waals surface area contributed by atoms with Gasteiger partial charge in [-0.15, -0.1) is 11.3 Å². The third-order valence-electron chi connectivity index (χ3n) is 4.09. The Balaban J connectivity index is 1.59. The molecule has 6 nitrogen and oxygen atoms in total. The molecule has 2 aromatic rings. The van der Waals surface area contributed by atoms with Crippen molar-refractivity contribution in [2.24, 2.45) is 5.16 Å². The number of hydrogen-bond acceptors (Lipinski definition) is 5. The molecule has 0 bridgehead atoms. The zero-order valence-electron chi connectivity index (χ0n) is 14.4. The van der Waals surface area contributed by atoms with E-state index in [1.54, 1.807) is 19.2 Å². The van der Waals surface area contributed by atoms with Crippen LogP contribution in [0.3, 0.4) is 0 Å². The van der Waals surface area contributed by atoms with E-state index in [2.05, 4.69) is 15.8 Å². The Hall–Kier alpha value is -2.38. The van der Waals surface area contributed by atoms with Crippen LogP contribution >= 0.6 is 22.9 Å². The van der Waals surface area contributed by atoms with Gasteiger partial charge >= 0.3 is 0 Å². The molecule has 136 valence electrons. The summed E-state index contributed by atoms with van der Waals surface area (Å²) in [5.74, 6) is 0.192. The molecule has 1 atom stereocenters. The lowest BCUT2D eigenvalue weighted by atomic mass is 9.95. The molecule has 0 saturated heterocycles. The second-order valence-corrected chi connectivity index (χ2v) is 7.96. The number of hydrogen-bond donors (Lipinski definition) is 3. The summed E-state index contributed by atoms with van der Waals surface area (Å²) in [5, 5.41) is 17.6. The van der Waals surface area contributed by atoms with Crippen molar-refractivity contribution >= 4 is 40.4 Å². The largest absolute Gasteiger partial charge is 0.387 e. The van der Waals surface area contributed by atoms with Crippen LogP contribution in [0.2, 0.25) is 4.34 Å². The van der Waals surface area contributed by atoms with Crippen LogP contribution in [0.1, 0.15) is 34.1 Å². The van der Waals surface area contributed by atoms with E-state index >= 15 is 0 Å². The summed E-state index contributed by atoms with van der Waals surface area (Å²) in [7, 11) is 1.72. The number of carbonyl (C=O) groups is 1. The Kier molecular flexibility index (Phi) is 5.29. The molecule has 1 unspecified atom stereocenters. The quantitative estimate of drug-likeness (QED) is 0.541. The van der Waals surface area contributed by atoms with Crippen LogP contribution in [0.5, 0.6) is 0 Å². The van der Waals surface area contributed by atoms with Crippen LogP contribution in [-0.2, 0) is 4.84 Å². The molecular weight excluding hydrogens is 372 g/mol. The average molecular weight is 391 g/mol. The summed E-state index contributed by atoms with van der Waals surface area (Å²) in [6.45, 7) is 2.26. The van der Waals surface area contributed by atoms with Crippen molar-refractivity contribution in [1.82, 2.24) is 10.6 Å². The highest BCUT2D eigenvalue weighted by Crippen LogP contribution is 2.27. The van der Waals surface area contributed by atoms with Crippen molar-refractivity contribution in [2.45, 2.75) is 18.9 Å². The van der Waals surface area contributed by atoms with E-state index in [4.69, 9.17) is 21.8 Å². The standard InChI is InChI=1S/C18H19ClN4O2S/c1-18(10-22-17(24)14-7-8-15(19)26-14)9-13(23-25-18)11-3-5-12(6-4-11)16(20)21-2/h3-8H,9-10H2,1-2H3,(H2,20,21)(H,22,24). The SMILES string of the molecule is CNC(=N)c1ccc(C2=NOC(C)(CNC(=O)c3ccc(Cl)s3)C2)cc1. The van der Waals surface area contributed by atoms with Crippen molar-refractivity contribution in [2.75, 3.05) is 13.6 Å². The average Bonchev–Trinajstić information content (AvgIpc) is 3.26. The normalized spacial score (nSPS) is 18.8. The predicted octanol–water partition coefficient (Wildman–Crippen LogP) is 3.26. The minimum absolute atomic E-state index is 0.171. The Labute approximate surface area is 160 Å². The number of amidine groups is 1. The van der Waals surface area contributed by atoms with Crippen LogP contribution in [-0.4, -0.2) is 36.6 Å². The molecule has 1 amide bonds. The molecule has 0 radical (unpaired) electrons. The summed E-state index contributed by atoms with van der Waals surface area (Å²) in [4.78, 5) is 18.3. The molecule has 0 saturated carbocycles. The van der Waals surface area contributed by atoms with Gasteiger partial charge in [0.15, 0.2) is 5.60 Å². The molecule has 1 aromatic heterocycles. The van der Waals surface area contributed by atoms with Gasteiger partial charge in [0.2, 0.25) is 0 Å². The summed E-state index contributed by atoms with van der Waals surface area (Å²) < 4.78 is 0.582. The smallest absolute Gasteiger partial charge is 0.261 e. The maximum Gasteiger partial charge on any atom is 0.261 e. The molecule has 26 heavy (non-hydrogen) atoms. The van der Waals surface area contributed by atoms with E-state index in [1.807, 2.05) is 31.2 Å². The third kappa shape index (κ3) is 4.05. The number of carbonyl (C=O) groups excluding carboxylic acids is 1. The molecule has 2 heterocycles. The fraction of sp³-hybridized carbons (Fsp3) is 0.278. The molecular formula is C18H19ClN4O2S. The minimum Gasteiger partial charge on any atom is -0.387 e. The fourth-order valence-corrected chi connectivity index (χ4v) is 3.56.